The fourth-order valence-electron chi connectivity index (χ4n) is 1.70. The van der Waals surface area contributed by atoms with E-state index in [2.05, 4.69) is 4.98 Å². The van der Waals surface area contributed by atoms with Gasteiger partial charge in [0.25, 0.3) is 0 Å². The molecule has 0 fully saturated rings. The van der Waals surface area contributed by atoms with Gasteiger partial charge in [0.15, 0.2) is 0 Å². The zero-order chi connectivity index (χ0) is 13.0. The molecular weight excluding hydrogens is 228 g/mol. The van der Waals surface area contributed by atoms with Gasteiger partial charge in [0.2, 0.25) is 0 Å². The van der Waals surface area contributed by atoms with Gasteiger partial charge in [0.1, 0.15) is 18.1 Å². The van der Waals surface area contributed by atoms with Crippen LogP contribution in [0.1, 0.15) is 11.3 Å². The standard InChI is InChI=1S/C14H16N2O2/c1-10-13(7-4-8-16-10)18-9-11-12(15)5-3-6-14(11)17-2/h3-8H,9,15H2,1-2H3. The number of aryl methyl sites for hydroxylation is 1. The molecule has 0 aliphatic carbocycles. The van der Waals surface area contributed by atoms with E-state index in [4.69, 9.17) is 15.2 Å². The van der Waals surface area contributed by atoms with E-state index >= 15 is 0 Å². The van der Waals surface area contributed by atoms with Crippen molar-refractivity contribution in [2.24, 2.45) is 0 Å². The van der Waals surface area contributed by atoms with Crippen LogP contribution in [0.4, 0.5) is 5.69 Å². The van der Waals surface area contributed by atoms with Gasteiger partial charge in [-0.25, -0.2) is 0 Å². The lowest BCUT2D eigenvalue weighted by Gasteiger charge is -2.13. The van der Waals surface area contributed by atoms with Crippen LogP contribution in [0.15, 0.2) is 36.5 Å². The van der Waals surface area contributed by atoms with Crippen LogP contribution in [0.5, 0.6) is 11.5 Å². The Hall–Kier alpha value is -2.23. The molecule has 0 saturated carbocycles. The number of anilines is 1. The normalized spacial score (nSPS) is 10.1. The molecule has 18 heavy (non-hydrogen) atoms. The summed E-state index contributed by atoms with van der Waals surface area (Å²) in [4.78, 5) is 4.17. The number of nitrogen functional groups attached to an aromatic ring is 1. The fraction of sp³-hybridized carbons (Fsp3) is 0.214. The molecule has 0 unspecified atom stereocenters. The smallest absolute Gasteiger partial charge is 0.141 e. The van der Waals surface area contributed by atoms with Gasteiger partial charge in [-0.15, -0.1) is 0 Å². The van der Waals surface area contributed by atoms with E-state index in [1.165, 1.54) is 0 Å². The van der Waals surface area contributed by atoms with Gasteiger partial charge in [-0.3, -0.25) is 4.98 Å². The molecule has 0 atom stereocenters. The largest absolute Gasteiger partial charge is 0.496 e. The lowest BCUT2D eigenvalue weighted by atomic mass is 10.1. The van der Waals surface area contributed by atoms with Crippen LogP contribution < -0.4 is 15.2 Å². The average Bonchev–Trinajstić information content (AvgIpc) is 2.39. The summed E-state index contributed by atoms with van der Waals surface area (Å²) >= 11 is 0. The van der Waals surface area contributed by atoms with Gasteiger partial charge in [-0.05, 0) is 31.2 Å². The van der Waals surface area contributed by atoms with E-state index in [1.807, 2.05) is 37.3 Å². The summed E-state index contributed by atoms with van der Waals surface area (Å²) in [7, 11) is 1.62. The topological polar surface area (TPSA) is 57.4 Å². The Morgan fingerprint density at radius 1 is 1.17 bits per heavy atom. The highest BCUT2D eigenvalue weighted by molar-refractivity contribution is 5.54. The van der Waals surface area contributed by atoms with Gasteiger partial charge < -0.3 is 15.2 Å². The van der Waals surface area contributed by atoms with E-state index in [-0.39, 0.29) is 0 Å². The van der Waals surface area contributed by atoms with Crippen LogP contribution in [0.2, 0.25) is 0 Å². The van der Waals surface area contributed by atoms with Crippen molar-refractivity contribution in [3.63, 3.8) is 0 Å². The maximum Gasteiger partial charge on any atom is 0.141 e. The molecule has 1 aromatic carbocycles. The third-order valence-electron chi connectivity index (χ3n) is 2.72. The molecule has 94 valence electrons. The highest BCUT2D eigenvalue weighted by Crippen LogP contribution is 2.26. The molecule has 1 heterocycles. The quantitative estimate of drug-likeness (QED) is 0.840. The molecule has 0 radical (unpaired) electrons. The fourth-order valence-corrected chi connectivity index (χ4v) is 1.70. The first-order valence-corrected chi connectivity index (χ1v) is 5.68. The molecule has 4 heteroatoms. The Kier molecular flexibility index (Phi) is 3.67. The molecule has 2 aromatic rings. The van der Waals surface area contributed by atoms with Crippen molar-refractivity contribution in [2.75, 3.05) is 12.8 Å². The van der Waals surface area contributed by atoms with Crippen molar-refractivity contribution in [3.8, 4) is 11.5 Å². The maximum atomic E-state index is 5.92. The summed E-state index contributed by atoms with van der Waals surface area (Å²) in [5, 5.41) is 0. The van der Waals surface area contributed by atoms with Crippen molar-refractivity contribution in [1.29, 1.82) is 0 Å². The zero-order valence-electron chi connectivity index (χ0n) is 10.5. The van der Waals surface area contributed by atoms with E-state index in [0.717, 1.165) is 22.8 Å². The summed E-state index contributed by atoms with van der Waals surface area (Å²) in [6, 6.07) is 9.28. The molecular formula is C14H16N2O2. The van der Waals surface area contributed by atoms with Crippen LogP contribution in [-0.4, -0.2) is 12.1 Å². The van der Waals surface area contributed by atoms with Crippen LogP contribution in [-0.2, 0) is 6.61 Å². The Morgan fingerprint density at radius 2 is 1.94 bits per heavy atom. The van der Waals surface area contributed by atoms with Crippen molar-refractivity contribution >= 4 is 5.69 Å². The van der Waals surface area contributed by atoms with Crippen molar-refractivity contribution in [1.82, 2.24) is 4.98 Å². The molecule has 4 nitrogen and oxygen atoms in total. The van der Waals surface area contributed by atoms with Crippen LogP contribution in [0, 0.1) is 6.92 Å². The molecule has 0 aliphatic rings. The third kappa shape index (κ3) is 2.53. The molecule has 0 amide bonds. The van der Waals surface area contributed by atoms with Gasteiger partial charge in [0.05, 0.1) is 18.4 Å². The number of ether oxygens (including phenoxy) is 2. The number of methoxy groups -OCH3 is 1. The number of hydrogen-bond donors (Lipinski definition) is 1. The Bertz CT molecular complexity index is 541. The second-order valence-electron chi connectivity index (χ2n) is 3.90. The van der Waals surface area contributed by atoms with Gasteiger partial charge in [-0.2, -0.15) is 0 Å². The molecule has 0 spiro atoms. The van der Waals surface area contributed by atoms with Crippen molar-refractivity contribution in [2.45, 2.75) is 13.5 Å². The lowest BCUT2D eigenvalue weighted by Crippen LogP contribution is -2.04. The molecule has 0 saturated heterocycles. The number of benzene rings is 1. The minimum atomic E-state index is 0.363. The van der Waals surface area contributed by atoms with Crippen molar-refractivity contribution in [3.05, 3.63) is 47.8 Å². The number of hydrogen-bond acceptors (Lipinski definition) is 4. The number of nitrogens with two attached hydrogens (primary N) is 1. The summed E-state index contributed by atoms with van der Waals surface area (Å²) < 4.78 is 11.0. The highest BCUT2D eigenvalue weighted by Gasteiger charge is 2.08. The minimum Gasteiger partial charge on any atom is -0.496 e. The second-order valence-corrected chi connectivity index (χ2v) is 3.90. The van der Waals surface area contributed by atoms with Crippen molar-refractivity contribution < 1.29 is 9.47 Å². The average molecular weight is 244 g/mol. The summed E-state index contributed by atoms with van der Waals surface area (Å²) in [6.45, 7) is 2.27. The van der Waals surface area contributed by atoms with Gasteiger partial charge in [-0.1, -0.05) is 6.07 Å². The Labute approximate surface area is 106 Å². The van der Waals surface area contributed by atoms with E-state index in [9.17, 15) is 0 Å². The molecule has 2 N–H and O–H groups in total. The Balaban J connectivity index is 2.18. The summed E-state index contributed by atoms with van der Waals surface area (Å²) in [6.07, 6.45) is 1.74. The van der Waals surface area contributed by atoms with E-state index in [0.29, 0.717) is 12.3 Å². The predicted molar refractivity (Wildman–Crippen MR) is 70.7 cm³/mol. The molecule has 1 aromatic heterocycles. The molecule has 2 rings (SSSR count). The van der Waals surface area contributed by atoms with Crippen LogP contribution in [0.3, 0.4) is 0 Å². The first-order chi connectivity index (χ1) is 8.72. The Morgan fingerprint density at radius 3 is 2.67 bits per heavy atom. The number of pyridine rings is 1. The summed E-state index contributed by atoms with van der Waals surface area (Å²) in [5.41, 5.74) is 8.29. The number of aromatic nitrogens is 1. The second kappa shape index (κ2) is 5.40. The number of rotatable bonds is 4. The predicted octanol–water partition coefficient (Wildman–Crippen LogP) is 2.56. The summed E-state index contributed by atoms with van der Waals surface area (Å²) in [5.74, 6) is 1.49. The highest BCUT2D eigenvalue weighted by atomic mass is 16.5. The van der Waals surface area contributed by atoms with E-state index in [1.54, 1.807) is 13.3 Å². The van der Waals surface area contributed by atoms with Gasteiger partial charge >= 0.3 is 0 Å². The van der Waals surface area contributed by atoms with Crippen LogP contribution >= 0.6 is 0 Å². The first kappa shape index (κ1) is 12.2. The maximum absolute atomic E-state index is 5.92. The van der Waals surface area contributed by atoms with Gasteiger partial charge in [0, 0.05) is 11.9 Å². The molecule has 0 aliphatic heterocycles. The lowest BCUT2D eigenvalue weighted by molar-refractivity contribution is 0.294. The third-order valence-corrected chi connectivity index (χ3v) is 2.72. The zero-order valence-corrected chi connectivity index (χ0v) is 10.5. The minimum absolute atomic E-state index is 0.363. The SMILES string of the molecule is COc1cccc(N)c1COc1cccnc1C. The first-order valence-electron chi connectivity index (χ1n) is 5.68. The monoisotopic (exact) mass is 244 g/mol. The molecule has 0 bridgehead atoms. The number of nitrogens with zero attached hydrogens (tertiary/aromatic N) is 1. The van der Waals surface area contributed by atoms with E-state index < -0.39 is 0 Å². The van der Waals surface area contributed by atoms with Crippen LogP contribution in [0.25, 0.3) is 0 Å².